The molecule has 7 heteroatoms. The highest BCUT2D eigenvalue weighted by atomic mass is 16.4. The summed E-state index contributed by atoms with van der Waals surface area (Å²) < 4.78 is -0.222. The summed E-state index contributed by atoms with van der Waals surface area (Å²) in [5, 5.41) is 33.7. The van der Waals surface area contributed by atoms with Crippen molar-refractivity contribution in [1.82, 2.24) is 5.32 Å². The molecule has 5 aliphatic rings. The third-order valence-corrected chi connectivity index (χ3v) is 6.95. The van der Waals surface area contributed by atoms with Crippen LogP contribution in [0, 0.1) is 11.8 Å². The lowest BCUT2D eigenvalue weighted by Crippen LogP contribution is -2.68. The number of hydrogen-bond acceptors (Lipinski definition) is 5. The Morgan fingerprint density at radius 1 is 1.13 bits per heavy atom. The zero-order valence-electron chi connectivity index (χ0n) is 13.7. The van der Waals surface area contributed by atoms with E-state index in [-0.39, 0.29) is 22.4 Å². The molecule has 1 amide bonds. The third kappa shape index (κ3) is 2.57. The quantitative estimate of drug-likeness (QED) is 0.537. The molecule has 4 N–H and O–H groups in total. The lowest BCUT2D eigenvalue weighted by atomic mass is 9.51. The van der Waals surface area contributed by atoms with Crippen molar-refractivity contribution in [2.75, 3.05) is 19.6 Å². The normalized spacial score (nSPS) is 43.8. The Kier molecular flexibility index (Phi) is 3.67. The van der Waals surface area contributed by atoms with Crippen LogP contribution >= 0.6 is 0 Å². The Morgan fingerprint density at radius 3 is 2.26 bits per heavy atom. The first kappa shape index (κ1) is 16.0. The van der Waals surface area contributed by atoms with Crippen LogP contribution in [0.15, 0.2) is 0 Å². The summed E-state index contributed by atoms with van der Waals surface area (Å²) in [4.78, 5) is 12.7. The fourth-order valence-electron chi connectivity index (χ4n) is 6.35. The van der Waals surface area contributed by atoms with E-state index in [2.05, 4.69) is 5.32 Å². The molecule has 0 radical (unpaired) electrons. The molecule has 23 heavy (non-hydrogen) atoms. The highest BCUT2D eigenvalue weighted by Crippen LogP contribution is 2.57. The van der Waals surface area contributed by atoms with Gasteiger partial charge in [-0.2, -0.15) is 0 Å². The van der Waals surface area contributed by atoms with Crippen LogP contribution in [-0.4, -0.2) is 63.5 Å². The van der Waals surface area contributed by atoms with Gasteiger partial charge in [0.2, 0.25) is 0 Å². The standard InChI is InChI=1S/C16H28BN2O4/c20-14(19(17(22)23)3-1-2-4-19)10-18-15-6-12-5-13(7-15)9-16(21,8-12)11-15/h12-13,18,21-23H,1-11H2/q+1. The fraction of sp³-hybridized carbons (Fsp3) is 0.938. The molecule has 2 unspecified atom stereocenters. The molecule has 0 aromatic carbocycles. The van der Waals surface area contributed by atoms with Crippen LogP contribution in [-0.2, 0) is 4.79 Å². The van der Waals surface area contributed by atoms with Crippen LogP contribution < -0.4 is 5.32 Å². The van der Waals surface area contributed by atoms with E-state index in [0.29, 0.717) is 24.9 Å². The minimum absolute atomic E-state index is 0.125. The van der Waals surface area contributed by atoms with Gasteiger partial charge in [0.1, 0.15) is 6.54 Å². The number of rotatable bonds is 4. The molecule has 4 saturated carbocycles. The molecule has 6 nitrogen and oxygen atoms in total. The van der Waals surface area contributed by atoms with E-state index in [1.165, 1.54) is 6.42 Å². The molecule has 0 aromatic rings. The van der Waals surface area contributed by atoms with Crippen molar-refractivity contribution in [3.05, 3.63) is 0 Å². The summed E-state index contributed by atoms with van der Waals surface area (Å²) in [6.07, 6.45) is 7.59. The smallest absolute Gasteiger partial charge is 0.390 e. The van der Waals surface area contributed by atoms with E-state index >= 15 is 0 Å². The summed E-state index contributed by atoms with van der Waals surface area (Å²) in [6, 6.07) is 0. The van der Waals surface area contributed by atoms with E-state index < -0.39 is 12.9 Å². The first-order chi connectivity index (χ1) is 10.8. The predicted octanol–water partition coefficient (Wildman–Crippen LogP) is -0.234. The van der Waals surface area contributed by atoms with Crippen LogP contribution in [0.2, 0.25) is 0 Å². The Bertz CT molecular complexity index is 492. The largest absolute Gasteiger partial charge is 0.761 e. The number of likely N-dealkylation sites (tertiary alicyclic amines) is 1. The molecule has 4 aliphatic carbocycles. The van der Waals surface area contributed by atoms with Crippen LogP contribution in [0.3, 0.4) is 0 Å². The number of amides is 1. The van der Waals surface area contributed by atoms with Gasteiger partial charge in [-0.1, -0.05) is 0 Å². The maximum atomic E-state index is 12.7. The molecular weight excluding hydrogens is 295 g/mol. The Labute approximate surface area is 137 Å². The number of hydrogen-bond donors (Lipinski definition) is 4. The van der Waals surface area contributed by atoms with E-state index in [4.69, 9.17) is 0 Å². The number of carbonyl (C=O) groups excluding carboxylic acids is 1. The number of aliphatic hydroxyl groups is 1. The average Bonchev–Trinajstić information content (AvgIpc) is 2.93. The van der Waals surface area contributed by atoms with Gasteiger partial charge in [0.25, 0.3) is 0 Å². The molecule has 128 valence electrons. The predicted molar refractivity (Wildman–Crippen MR) is 84.8 cm³/mol. The van der Waals surface area contributed by atoms with E-state index in [1.807, 2.05) is 0 Å². The van der Waals surface area contributed by atoms with Crippen molar-refractivity contribution in [3.63, 3.8) is 0 Å². The molecule has 2 atom stereocenters. The maximum absolute atomic E-state index is 12.7. The van der Waals surface area contributed by atoms with Crippen LogP contribution in [0.5, 0.6) is 0 Å². The van der Waals surface area contributed by atoms with Gasteiger partial charge < -0.3 is 15.2 Å². The van der Waals surface area contributed by atoms with Gasteiger partial charge in [0, 0.05) is 18.4 Å². The second-order valence-corrected chi connectivity index (χ2v) is 8.75. The molecular formula is C16H28BN2O4+. The van der Waals surface area contributed by atoms with Crippen LogP contribution in [0.4, 0.5) is 0 Å². The summed E-state index contributed by atoms with van der Waals surface area (Å²) in [5.41, 5.74) is -0.671. The van der Waals surface area contributed by atoms with Crippen LogP contribution in [0.25, 0.3) is 0 Å². The molecule has 0 spiro atoms. The minimum atomic E-state index is -1.62. The SMILES string of the molecule is O=C(CNC12CC3CC(CC(O)(C3)C1)C2)[N+]1(B(O)O)CCCC1. The average molecular weight is 323 g/mol. The Balaban J connectivity index is 1.46. The summed E-state index contributed by atoms with van der Waals surface area (Å²) in [7, 11) is -1.62. The second-order valence-electron chi connectivity index (χ2n) is 8.75. The molecule has 4 bridgehead atoms. The Hall–Kier alpha value is -0.465. The third-order valence-electron chi connectivity index (χ3n) is 6.95. The monoisotopic (exact) mass is 323 g/mol. The number of nitrogens with one attached hydrogen (secondary N) is 1. The maximum Gasteiger partial charge on any atom is 0.761 e. The van der Waals surface area contributed by atoms with Gasteiger partial charge in [-0.25, -0.2) is 4.79 Å². The van der Waals surface area contributed by atoms with Gasteiger partial charge in [0.15, 0.2) is 0 Å². The van der Waals surface area contributed by atoms with Crippen molar-refractivity contribution >= 4 is 13.2 Å². The number of carbonyl (C=O) groups is 1. The van der Waals surface area contributed by atoms with Gasteiger partial charge in [-0.3, -0.25) is 9.71 Å². The summed E-state index contributed by atoms with van der Waals surface area (Å²) in [6.45, 7) is 1.20. The Morgan fingerprint density at radius 2 is 1.74 bits per heavy atom. The van der Waals surface area contributed by atoms with Crippen molar-refractivity contribution in [1.29, 1.82) is 0 Å². The molecule has 0 aromatic heterocycles. The number of quaternary nitrogens is 1. The molecule has 5 rings (SSSR count). The van der Waals surface area contributed by atoms with Crippen LogP contribution in [0.1, 0.15) is 51.4 Å². The molecule has 5 fully saturated rings. The first-order valence-electron chi connectivity index (χ1n) is 9.09. The summed E-state index contributed by atoms with van der Waals surface area (Å²) >= 11 is 0. The number of nitrogens with zero attached hydrogens (tertiary/aromatic N) is 1. The van der Waals surface area contributed by atoms with Gasteiger partial charge in [0.05, 0.1) is 18.7 Å². The van der Waals surface area contributed by atoms with Crippen molar-refractivity contribution in [3.8, 4) is 0 Å². The molecule has 1 heterocycles. The van der Waals surface area contributed by atoms with Crippen molar-refractivity contribution in [2.45, 2.75) is 62.5 Å². The molecule has 1 saturated heterocycles. The second kappa shape index (κ2) is 5.26. The highest BCUT2D eigenvalue weighted by molar-refractivity contribution is 6.34. The van der Waals surface area contributed by atoms with E-state index in [9.17, 15) is 19.9 Å². The highest BCUT2D eigenvalue weighted by Gasteiger charge is 2.58. The van der Waals surface area contributed by atoms with E-state index in [0.717, 1.165) is 44.9 Å². The molecule has 1 aliphatic heterocycles. The van der Waals surface area contributed by atoms with Gasteiger partial charge >= 0.3 is 13.2 Å². The van der Waals surface area contributed by atoms with Crippen molar-refractivity contribution < 1.29 is 24.3 Å². The van der Waals surface area contributed by atoms with Crippen molar-refractivity contribution in [2.24, 2.45) is 11.8 Å². The summed E-state index contributed by atoms with van der Waals surface area (Å²) in [5.74, 6) is 1.02. The van der Waals surface area contributed by atoms with Gasteiger partial charge in [-0.15, -0.1) is 0 Å². The zero-order chi connectivity index (χ0) is 16.3. The minimum Gasteiger partial charge on any atom is -0.390 e. The lowest BCUT2D eigenvalue weighted by Gasteiger charge is -2.60. The topological polar surface area (TPSA) is 89.8 Å². The zero-order valence-corrected chi connectivity index (χ0v) is 13.7. The lowest BCUT2D eigenvalue weighted by molar-refractivity contribution is -0.751. The van der Waals surface area contributed by atoms with Gasteiger partial charge in [-0.05, 0) is 50.4 Å². The fourth-order valence-corrected chi connectivity index (χ4v) is 6.35. The first-order valence-corrected chi connectivity index (χ1v) is 9.09. The van der Waals surface area contributed by atoms with E-state index in [1.54, 1.807) is 0 Å².